The van der Waals surface area contributed by atoms with E-state index in [2.05, 4.69) is 11.2 Å². The molecule has 0 saturated heterocycles. The molecule has 0 fully saturated rings. The maximum atomic E-state index is 11.4. The minimum atomic E-state index is -0.0540. The number of rotatable bonds is 5. The third-order valence-electron chi connectivity index (χ3n) is 1.59. The first-order chi connectivity index (χ1) is 6.26. The first-order valence-corrected chi connectivity index (χ1v) is 4.72. The van der Waals surface area contributed by atoms with Crippen LogP contribution in [0.5, 0.6) is 0 Å². The van der Waals surface area contributed by atoms with Crippen molar-refractivity contribution >= 4 is 6.03 Å². The van der Waals surface area contributed by atoms with Crippen LogP contribution in [0.1, 0.15) is 26.7 Å². The summed E-state index contributed by atoms with van der Waals surface area (Å²) in [5.41, 5.74) is 0. The van der Waals surface area contributed by atoms with Gasteiger partial charge < -0.3 is 10.2 Å². The highest BCUT2D eigenvalue weighted by molar-refractivity contribution is 5.74. The Balaban J connectivity index is 3.89. The van der Waals surface area contributed by atoms with E-state index in [-0.39, 0.29) is 6.03 Å². The van der Waals surface area contributed by atoms with Crippen molar-refractivity contribution in [3.05, 3.63) is 0 Å². The van der Waals surface area contributed by atoms with E-state index in [0.29, 0.717) is 13.1 Å². The fourth-order valence-corrected chi connectivity index (χ4v) is 0.976. The summed E-state index contributed by atoms with van der Waals surface area (Å²) in [6.45, 7) is 5.87. The monoisotopic (exact) mass is 182 g/mol. The minimum absolute atomic E-state index is 0.0540. The number of urea groups is 1. The smallest absolute Gasteiger partial charge is 0.318 e. The average Bonchev–Trinajstić information content (AvgIpc) is 2.14. The Kier molecular flexibility index (Phi) is 6.80. The van der Waals surface area contributed by atoms with Gasteiger partial charge in [-0.3, -0.25) is 0 Å². The van der Waals surface area contributed by atoms with Gasteiger partial charge in [0.2, 0.25) is 0 Å². The number of terminal acetylenes is 1. The van der Waals surface area contributed by atoms with E-state index >= 15 is 0 Å². The van der Waals surface area contributed by atoms with Crippen molar-refractivity contribution in [3.63, 3.8) is 0 Å². The van der Waals surface area contributed by atoms with Crippen molar-refractivity contribution in [2.75, 3.05) is 19.6 Å². The quantitative estimate of drug-likeness (QED) is 0.641. The summed E-state index contributed by atoms with van der Waals surface area (Å²) in [7, 11) is 0. The summed E-state index contributed by atoms with van der Waals surface area (Å²) < 4.78 is 0. The van der Waals surface area contributed by atoms with Crippen LogP contribution in [0, 0.1) is 12.3 Å². The second kappa shape index (κ2) is 7.48. The Hall–Kier alpha value is -1.17. The van der Waals surface area contributed by atoms with Gasteiger partial charge in [-0.05, 0) is 12.8 Å². The van der Waals surface area contributed by atoms with Crippen molar-refractivity contribution in [3.8, 4) is 12.3 Å². The highest BCUT2D eigenvalue weighted by atomic mass is 16.2. The van der Waals surface area contributed by atoms with Crippen molar-refractivity contribution < 1.29 is 4.79 Å². The number of nitrogens with zero attached hydrogens (tertiary/aromatic N) is 1. The molecule has 0 aliphatic carbocycles. The van der Waals surface area contributed by atoms with Crippen LogP contribution in [0.4, 0.5) is 4.79 Å². The predicted octanol–water partition coefficient (Wildman–Crippen LogP) is 1.45. The topological polar surface area (TPSA) is 32.3 Å². The Morgan fingerprint density at radius 2 is 2.15 bits per heavy atom. The molecule has 13 heavy (non-hydrogen) atoms. The van der Waals surface area contributed by atoms with E-state index < -0.39 is 0 Å². The third kappa shape index (κ3) is 5.13. The van der Waals surface area contributed by atoms with Gasteiger partial charge in [0, 0.05) is 13.1 Å². The molecule has 0 aromatic carbocycles. The fourth-order valence-electron chi connectivity index (χ4n) is 0.976. The Bertz CT molecular complexity index is 184. The zero-order valence-electron chi connectivity index (χ0n) is 8.47. The van der Waals surface area contributed by atoms with Gasteiger partial charge in [0.1, 0.15) is 0 Å². The SMILES string of the molecule is C#CCN(CCC)C(=O)NCCC. The molecule has 0 bridgehead atoms. The average molecular weight is 182 g/mol. The molecule has 0 radical (unpaired) electrons. The summed E-state index contributed by atoms with van der Waals surface area (Å²) in [6, 6.07) is -0.0540. The molecule has 0 heterocycles. The van der Waals surface area contributed by atoms with Crippen molar-refractivity contribution in [2.45, 2.75) is 26.7 Å². The number of carbonyl (C=O) groups excluding carboxylic acids is 1. The molecule has 0 aliphatic heterocycles. The Morgan fingerprint density at radius 3 is 2.62 bits per heavy atom. The van der Waals surface area contributed by atoms with Gasteiger partial charge in [0.25, 0.3) is 0 Å². The van der Waals surface area contributed by atoms with Gasteiger partial charge in [-0.1, -0.05) is 19.8 Å². The maximum Gasteiger partial charge on any atom is 0.318 e. The zero-order valence-corrected chi connectivity index (χ0v) is 8.47. The van der Waals surface area contributed by atoms with Crippen LogP contribution in [-0.2, 0) is 0 Å². The van der Waals surface area contributed by atoms with E-state index in [1.807, 2.05) is 13.8 Å². The molecule has 0 rings (SSSR count). The van der Waals surface area contributed by atoms with Crippen LogP contribution in [0.25, 0.3) is 0 Å². The van der Waals surface area contributed by atoms with Gasteiger partial charge in [0.05, 0.1) is 6.54 Å². The molecule has 0 atom stereocenters. The lowest BCUT2D eigenvalue weighted by atomic mass is 10.4. The maximum absolute atomic E-state index is 11.4. The molecule has 0 aromatic rings. The van der Waals surface area contributed by atoms with Gasteiger partial charge in [-0.15, -0.1) is 6.42 Å². The number of amides is 2. The van der Waals surface area contributed by atoms with Gasteiger partial charge in [0.15, 0.2) is 0 Å². The first kappa shape index (κ1) is 11.8. The summed E-state index contributed by atoms with van der Waals surface area (Å²) in [5, 5.41) is 2.79. The second-order valence-corrected chi connectivity index (χ2v) is 2.86. The van der Waals surface area contributed by atoms with Crippen LogP contribution >= 0.6 is 0 Å². The Labute approximate surface area is 80.5 Å². The third-order valence-corrected chi connectivity index (χ3v) is 1.59. The summed E-state index contributed by atoms with van der Waals surface area (Å²) >= 11 is 0. The number of hydrogen-bond acceptors (Lipinski definition) is 1. The molecule has 0 saturated carbocycles. The van der Waals surface area contributed by atoms with E-state index in [1.165, 1.54) is 0 Å². The molecule has 0 aliphatic rings. The largest absolute Gasteiger partial charge is 0.338 e. The standard InChI is InChI=1S/C10H18N2O/c1-4-7-11-10(13)12(8-5-2)9-6-3/h2H,4,6-9H2,1,3H3,(H,11,13). The zero-order chi connectivity index (χ0) is 10.1. The number of hydrogen-bond donors (Lipinski definition) is 1. The number of nitrogens with one attached hydrogen (secondary N) is 1. The summed E-state index contributed by atoms with van der Waals surface area (Å²) in [6.07, 6.45) is 7.03. The van der Waals surface area contributed by atoms with Crippen molar-refractivity contribution in [1.82, 2.24) is 10.2 Å². The molecule has 0 unspecified atom stereocenters. The van der Waals surface area contributed by atoms with E-state index in [9.17, 15) is 4.79 Å². The van der Waals surface area contributed by atoms with Crippen LogP contribution < -0.4 is 5.32 Å². The minimum Gasteiger partial charge on any atom is -0.338 e. The summed E-state index contributed by atoms with van der Waals surface area (Å²) in [4.78, 5) is 13.0. The van der Waals surface area contributed by atoms with Crippen LogP contribution in [0.2, 0.25) is 0 Å². The molecular weight excluding hydrogens is 164 g/mol. The Morgan fingerprint density at radius 1 is 1.46 bits per heavy atom. The van der Waals surface area contributed by atoms with E-state index in [0.717, 1.165) is 19.4 Å². The second-order valence-electron chi connectivity index (χ2n) is 2.86. The lowest BCUT2D eigenvalue weighted by Gasteiger charge is -2.19. The molecule has 1 N–H and O–H groups in total. The molecule has 74 valence electrons. The highest BCUT2D eigenvalue weighted by Gasteiger charge is 2.08. The first-order valence-electron chi connectivity index (χ1n) is 4.72. The molecule has 0 spiro atoms. The molecule has 0 aromatic heterocycles. The molecule has 2 amide bonds. The van der Waals surface area contributed by atoms with E-state index in [1.54, 1.807) is 4.90 Å². The summed E-state index contributed by atoms with van der Waals surface area (Å²) in [5.74, 6) is 2.48. The molecule has 3 nitrogen and oxygen atoms in total. The highest BCUT2D eigenvalue weighted by Crippen LogP contribution is 1.91. The fraction of sp³-hybridized carbons (Fsp3) is 0.700. The van der Waals surface area contributed by atoms with Crippen LogP contribution in [-0.4, -0.2) is 30.6 Å². The normalized spacial score (nSPS) is 9.00. The van der Waals surface area contributed by atoms with E-state index in [4.69, 9.17) is 6.42 Å². The van der Waals surface area contributed by atoms with Crippen LogP contribution in [0.3, 0.4) is 0 Å². The number of carbonyl (C=O) groups is 1. The van der Waals surface area contributed by atoms with Gasteiger partial charge in [-0.25, -0.2) is 4.79 Å². The molecule has 3 heteroatoms. The lowest BCUT2D eigenvalue weighted by Crippen LogP contribution is -2.40. The van der Waals surface area contributed by atoms with Crippen LogP contribution in [0.15, 0.2) is 0 Å². The van der Waals surface area contributed by atoms with Crippen molar-refractivity contribution in [2.24, 2.45) is 0 Å². The molecular formula is C10H18N2O. The predicted molar refractivity (Wildman–Crippen MR) is 54.4 cm³/mol. The van der Waals surface area contributed by atoms with Gasteiger partial charge in [-0.2, -0.15) is 0 Å². The van der Waals surface area contributed by atoms with Crippen molar-refractivity contribution in [1.29, 1.82) is 0 Å². The van der Waals surface area contributed by atoms with Gasteiger partial charge >= 0.3 is 6.03 Å². The lowest BCUT2D eigenvalue weighted by molar-refractivity contribution is 0.204.